The SMILES string of the molecule is C[C@H](CN)NC(=O)/C=C/c1ccc2c(c1)OCO2. The maximum Gasteiger partial charge on any atom is 0.244 e. The standard InChI is InChI=1S/C13H16N2O3/c1-9(7-14)15-13(16)5-3-10-2-4-11-12(6-10)18-8-17-11/h2-6,9H,7-8,14H2,1H3,(H,15,16)/b5-3+/t9-/m1/s1. The van der Waals surface area contributed by atoms with E-state index in [4.69, 9.17) is 15.2 Å². The van der Waals surface area contributed by atoms with Crippen LogP contribution in [0.3, 0.4) is 0 Å². The summed E-state index contributed by atoms with van der Waals surface area (Å²) in [7, 11) is 0. The van der Waals surface area contributed by atoms with E-state index in [-0.39, 0.29) is 18.7 Å². The topological polar surface area (TPSA) is 73.6 Å². The van der Waals surface area contributed by atoms with Crippen LogP contribution in [0.4, 0.5) is 0 Å². The minimum Gasteiger partial charge on any atom is -0.454 e. The molecule has 0 fully saturated rings. The van der Waals surface area contributed by atoms with Crippen molar-refractivity contribution in [1.29, 1.82) is 0 Å². The zero-order valence-corrected chi connectivity index (χ0v) is 10.2. The maximum atomic E-state index is 11.5. The highest BCUT2D eigenvalue weighted by molar-refractivity contribution is 5.92. The summed E-state index contributed by atoms with van der Waals surface area (Å²) in [5.41, 5.74) is 6.30. The molecule has 3 N–H and O–H groups in total. The van der Waals surface area contributed by atoms with Gasteiger partial charge in [0.05, 0.1) is 0 Å². The maximum absolute atomic E-state index is 11.5. The number of amides is 1. The Balaban J connectivity index is 1.98. The first-order valence-corrected chi connectivity index (χ1v) is 5.77. The molecule has 1 atom stereocenters. The van der Waals surface area contributed by atoms with Crippen molar-refractivity contribution in [1.82, 2.24) is 5.32 Å². The summed E-state index contributed by atoms with van der Waals surface area (Å²) in [6.07, 6.45) is 3.20. The molecule has 1 amide bonds. The third-order valence-corrected chi connectivity index (χ3v) is 2.57. The first kappa shape index (κ1) is 12.4. The van der Waals surface area contributed by atoms with Crippen LogP contribution in [-0.2, 0) is 4.79 Å². The molecule has 0 aliphatic carbocycles. The number of nitrogens with one attached hydrogen (secondary N) is 1. The van der Waals surface area contributed by atoms with Gasteiger partial charge in [0.2, 0.25) is 12.7 Å². The van der Waals surface area contributed by atoms with Gasteiger partial charge in [-0.3, -0.25) is 4.79 Å². The molecule has 1 aliphatic rings. The Morgan fingerprint density at radius 2 is 2.28 bits per heavy atom. The van der Waals surface area contributed by atoms with Gasteiger partial charge in [-0.15, -0.1) is 0 Å². The minimum absolute atomic E-state index is 0.0288. The Kier molecular flexibility index (Phi) is 3.84. The third-order valence-electron chi connectivity index (χ3n) is 2.57. The van der Waals surface area contributed by atoms with Gasteiger partial charge in [0.15, 0.2) is 11.5 Å². The number of ether oxygens (including phenoxy) is 2. The van der Waals surface area contributed by atoms with Gasteiger partial charge in [-0.25, -0.2) is 0 Å². The second-order valence-electron chi connectivity index (χ2n) is 4.09. The molecule has 2 rings (SSSR count). The molecule has 1 aromatic rings. The molecule has 0 bridgehead atoms. The first-order chi connectivity index (χ1) is 8.69. The lowest BCUT2D eigenvalue weighted by atomic mass is 10.2. The molecule has 1 heterocycles. The first-order valence-electron chi connectivity index (χ1n) is 5.77. The van der Waals surface area contributed by atoms with Crippen LogP contribution in [-0.4, -0.2) is 25.3 Å². The van der Waals surface area contributed by atoms with E-state index in [1.54, 1.807) is 6.08 Å². The molecular weight excluding hydrogens is 232 g/mol. The number of fused-ring (bicyclic) bond motifs is 1. The highest BCUT2D eigenvalue weighted by atomic mass is 16.7. The number of benzene rings is 1. The molecule has 0 saturated heterocycles. The van der Waals surface area contributed by atoms with Crippen LogP contribution in [0, 0.1) is 0 Å². The summed E-state index contributed by atoms with van der Waals surface area (Å²) in [6, 6.07) is 5.49. The van der Waals surface area contributed by atoms with Gasteiger partial charge in [-0.05, 0) is 30.7 Å². The molecule has 0 unspecified atom stereocenters. The lowest BCUT2D eigenvalue weighted by Crippen LogP contribution is -2.36. The van der Waals surface area contributed by atoms with Crippen molar-refractivity contribution in [3.63, 3.8) is 0 Å². The Morgan fingerprint density at radius 3 is 3.06 bits per heavy atom. The van der Waals surface area contributed by atoms with Gasteiger partial charge < -0.3 is 20.5 Å². The quantitative estimate of drug-likeness (QED) is 0.776. The van der Waals surface area contributed by atoms with E-state index >= 15 is 0 Å². The fourth-order valence-electron chi connectivity index (χ4n) is 1.54. The highest BCUT2D eigenvalue weighted by Crippen LogP contribution is 2.32. The Bertz CT molecular complexity index is 471. The second-order valence-corrected chi connectivity index (χ2v) is 4.09. The lowest BCUT2D eigenvalue weighted by molar-refractivity contribution is -0.116. The second kappa shape index (κ2) is 5.55. The van der Waals surface area contributed by atoms with Crippen molar-refractivity contribution in [2.24, 2.45) is 5.73 Å². The molecule has 0 aromatic heterocycles. The zero-order chi connectivity index (χ0) is 13.0. The van der Waals surface area contributed by atoms with Crippen molar-refractivity contribution >= 4 is 12.0 Å². The van der Waals surface area contributed by atoms with Crippen molar-refractivity contribution in [2.75, 3.05) is 13.3 Å². The molecule has 18 heavy (non-hydrogen) atoms. The zero-order valence-electron chi connectivity index (χ0n) is 10.2. The number of nitrogens with two attached hydrogens (primary N) is 1. The number of rotatable bonds is 4. The van der Waals surface area contributed by atoms with Crippen LogP contribution in [0.15, 0.2) is 24.3 Å². The summed E-state index contributed by atoms with van der Waals surface area (Å²) in [5, 5.41) is 2.75. The van der Waals surface area contributed by atoms with Crippen molar-refractivity contribution in [3.8, 4) is 11.5 Å². The van der Waals surface area contributed by atoms with Crippen molar-refractivity contribution in [2.45, 2.75) is 13.0 Å². The number of hydrogen-bond acceptors (Lipinski definition) is 4. The molecule has 1 aliphatic heterocycles. The van der Waals surface area contributed by atoms with Gasteiger partial charge >= 0.3 is 0 Å². The van der Waals surface area contributed by atoms with Gasteiger partial charge in [-0.1, -0.05) is 6.07 Å². The molecule has 5 heteroatoms. The van der Waals surface area contributed by atoms with Crippen LogP contribution < -0.4 is 20.5 Å². The Hall–Kier alpha value is -2.01. The van der Waals surface area contributed by atoms with Crippen LogP contribution in [0.25, 0.3) is 6.08 Å². The van der Waals surface area contributed by atoms with Gasteiger partial charge in [0, 0.05) is 18.7 Å². The number of carbonyl (C=O) groups is 1. The molecular formula is C13H16N2O3. The summed E-state index contributed by atoms with van der Waals surface area (Å²) < 4.78 is 10.5. The molecule has 5 nitrogen and oxygen atoms in total. The van der Waals surface area contributed by atoms with E-state index in [0.29, 0.717) is 12.3 Å². The minimum atomic E-state index is -0.161. The molecule has 0 spiro atoms. The van der Waals surface area contributed by atoms with E-state index < -0.39 is 0 Å². The van der Waals surface area contributed by atoms with E-state index in [2.05, 4.69) is 5.32 Å². The van der Waals surface area contributed by atoms with Crippen LogP contribution >= 0.6 is 0 Å². The Labute approximate surface area is 106 Å². The van der Waals surface area contributed by atoms with E-state index in [1.807, 2.05) is 25.1 Å². The van der Waals surface area contributed by atoms with Crippen molar-refractivity contribution in [3.05, 3.63) is 29.8 Å². The van der Waals surface area contributed by atoms with Crippen LogP contribution in [0.5, 0.6) is 11.5 Å². The smallest absolute Gasteiger partial charge is 0.244 e. The summed E-state index contributed by atoms with van der Waals surface area (Å²) in [5.74, 6) is 1.27. The van der Waals surface area contributed by atoms with Gasteiger partial charge in [-0.2, -0.15) is 0 Å². The van der Waals surface area contributed by atoms with Crippen molar-refractivity contribution < 1.29 is 14.3 Å². The van der Waals surface area contributed by atoms with Gasteiger partial charge in [0.25, 0.3) is 0 Å². The predicted octanol–water partition coefficient (Wildman–Crippen LogP) is 0.892. The average Bonchev–Trinajstić information content (AvgIpc) is 2.83. The fraction of sp³-hybridized carbons (Fsp3) is 0.308. The third kappa shape index (κ3) is 3.01. The Morgan fingerprint density at radius 1 is 1.50 bits per heavy atom. The van der Waals surface area contributed by atoms with E-state index in [9.17, 15) is 4.79 Å². The highest BCUT2D eigenvalue weighted by Gasteiger charge is 2.12. The number of carbonyl (C=O) groups excluding carboxylic acids is 1. The fourth-order valence-corrected chi connectivity index (χ4v) is 1.54. The van der Waals surface area contributed by atoms with E-state index in [1.165, 1.54) is 6.08 Å². The monoisotopic (exact) mass is 248 g/mol. The van der Waals surface area contributed by atoms with Crippen LogP contribution in [0.2, 0.25) is 0 Å². The summed E-state index contributed by atoms with van der Waals surface area (Å²) >= 11 is 0. The predicted molar refractivity (Wildman–Crippen MR) is 68.3 cm³/mol. The lowest BCUT2D eigenvalue weighted by Gasteiger charge is -2.08. The summed E-state index contributed by atoms with van der Waals surface area (Å²) in [4.78, 5) is 11.5. The van der Waals surface area contributed by atoms with E-state index in [0.717, 1.165) is 11.3 Å². The molecule has 0 radical (unpaired) electrons. The molecule has 1 aromatic carbocycles. The van der Waals surface area contributed by atoms with Crippen LogP contribution in [0.1, 0.15) is 12.5 Å². The normalized spacial score (nSPS) is 14.8. The molecule has 0 saturated carbocycles. The molecule has 96 valence electrons. The van der Waals surface area contributed by atoms with Gasteiger partial charge in [0.1, 0.15) is 0 Å². The average molecular weight is 248 g/mol. The number of hydrogen-bond donors (Lipinski definition) is 2. The largest absolute Gasteiger partial charge is 0.454 e. The summed E-state index contributed by atoms with van der Waals surface area (Å²) in [6.45, 7) is 2.52.